The van der Waals surface area contributed by atoms with Crippen LogP contribution in [0, 0.1) is 18.8 Å². The molecule has 3 aromatic carbocycles. The molecule has 59 heavy (non-hydrogen) atoms. The topological polar surface area (TPSA) is 194 Å². The summed E-state index contributed by atoms with van der Waals surface area (Å²) in [7, 11) is -2.51. The van der Waals surface area contributed by atoms with Gasteiger partial charge in [-0.2, -0.15) is 4.31 Å². The number of aliphatic carboxylic acids is 1. The molecule has 2 unspecified atom stereocenters. The van der Waals surface area contributed by atoms with Crippen molar-refractivity contribution in [3.8, 4) is 0 Å². The first-order valence-corrected chi connectivity index (χ1v) is 22.0. The van der Waals surface area contributed by atoms with E-state index in [0.29, 0.717) is 29.8 Å². The first-order chi connectivity index (χ1) is 28.2. The van der Waals surface area contributed by atoms with Gasteiger partial charge in [-0.15, -0.1) is 0 Å². The van der Waals surface area contributed by atoms with Gasteiger partial charge < -0.3 is 31.3 Å². The highest BCUT2D eigenvalue weighted by Crippen LogP contribution is 2.40. The molecule has 1 saturated heterocycles. The maximum Gasteiger partial charge on any atom is 0.326 e. The van der Waals surface area contributed by atoms with Crippen molar-refractivity contribution in [2.75, 3.05) is 24.2 Å². The summed E-state index contributed by atoms with van der Waals surface area (Å²) in [4.78, 5) is 67.4. The van der Waals surface area contributed by atoms with E-state index < -0.39 is 52.0 Å². The normalized spacial score (nSPS) is 18.8. The molecule has 14 nitrogen and oxygen atoms in total. The molecule has 0 bridgehead atoms. The van der Waals surface area contributed by atoms with E-state index in [2.05, 4.69) is 21.3 Å². The Kier molecular flexibility index (Phi) is 15.7. The van der Waals surface area contributed by atoms with Crippen molar-refractivity contribution in [3.05, 3.63) is 90.0 Å². The molecule has 5 amide bonds. The summed E-state index contributed by atoms with van der Waals surface area (Å²) in [6.45, 7) is 5.54. The van der Waals surface area contributed by atoms with Crippen LogP contribution in [0.4, 0.5) is 16.2 Å². The third-order valence-electron chi connectivity index (χ3n) is 11.8. The number of anilines is 2. The molecule has 2 aliphatic rings. The van der Waals surface area contributed by atoms with Gasteiger partial charge in [-0.05, 0) is 92.3 Å². The Balaban J connectivity index is 1.18. The average Bonchev–Trinajstić information content (AvgIpc) is 3.69. The number of rotatable bonds is 17. The van der Waals surface area contributed by atoms with Crippen molar-refractivity contribution < 1.29 is 37.5 Å². The van der Waals surface area contributed by atoms with Gasteiger partial charge in [-0.3, -0.25) is 14.4 Å². The van der Waals surface area contributed by atoms with Crippen molar-refractivity contribution in [2.24, 2.45) is 11.8 Å². The van der Waals surface area contributed by atoms with E-state index in [9.17, 15) is 37.5 Å². The number of para-hydroxylation sites is 1. The number of carbonyl (C=O) groups is 5. The Labute approximate surface area is 347 Å². The molecule has 318 valence electrons. The quantitative estimate of drug-likeness (QED) is 0.110. The zero-order valence-corrected chi connectivity index (χ0v) is 35.2. The van der Waals surface area contributed by atoms with Crippen molar-refractivity contribution in [3.63, 3.8) is 0 Å². The van der Waals surface area contributed by atoms with E-state index in [-0.39, 0.29) is 54.5 Å². The Morgan fingerprint density at radius 3 is 2.17 bits per heavy atom. The average molecular weight is 831 g/mol. The highest BCUT2D eigenvalue weighted by Gasteiger charge is 2.48. The minimum Gasteiger partial charge on any atom is -0.480 e. The fraction of sp³-hybridized carbons (Fsp3) is 0.477. The summed E-state index contributed by atoms with van der Waals surface area (Å²) in [6.07, 6.45) is 6.02. The summed E-state index contributed by atoms with van der Waals surface area (Å²) in [6, 6.07) is 18.2. The van der Waals surface area contributed by atoms with Gasteiger partial charge in [0.2, 0.25) is 27.7 Å². The lowest BCUT2D eigenvalue weighted by atomic mass is 9.83. The predicted molar refractivity (Wildman–Crippen MR) is 226 cm³/mol. The lowest BCUT2D eigenvalue weighted by Crippen LogP contribution is -2.54. The van der Waals surface area contributed by atoms with Gasteiger partial charge in [0.25, 0.3) is 0 Å². The lowest BCUT2D eigenvalue weighted by molar-refractivity contribution is -0.142. The molecule has 5 atom stereocenters. The summed E-state index contributed by atoms with van der Waals surface area (Å²) in [5.74, 6) is -2.89. The van der Waals surface area contributed by atoms with Gasteiger partial charge in [0.05, 0.1) is 11.3 Å². The zero-order chi connectivity index (χ0) is 42.7. The second-order valence-electron chi connectivity index (χ2n) is 15.8. The standard InChI is InChI=1S/C44H58N6O8S/c1-5-29(2)40(49(4)39(51)28-31-20-22-33(23-21-31)46-44(56)48-35-19-13-12-14-30(35)3)42(53)45-27-26-36(43(54)55)47-41(52)38-25-24-37(32-15-8-6-9-16-32)50(38)59(57,58)34-17-10-7-11-18-34/h7,10-14,17-23,29,32,36-38,40H,5-6,8-9,15-16,24-28H2,1-4H3,(H,45,53)(H,47,52)(H,54,55)(H2,46,48,56)/t29?,36-,37?,38-,40-/m0/s1. The van der Waals surface area contributed by atoms with Crippen LogP contribution >= 0.6 is 0 Å². The predicted octanol–water partition coefficient (Wildman–Crippen LogP) is 5.93. The molecule has 1 aliphatic carbocycles. The van der Waals surface area contributed by atoms with Gasteiger partial charge in [0.15, 0.2) is 0 Å². The third-order valence-corrected chi connectivity index (χ3v) is 13.7. The van der Waals surface area contributed by atoms with Crippen LogP contribution in [0.25, 0.3) is 0 Å². The van der Waals surface area contributed by atoms with Crippen LogP contribution in [0.5, 0.6) is 0 Å². The zero-order valence-electron chi connectivity index (χ0n) is 34.4. The molecule has 0 radical (unpaired) electrons. The number of carboxylic acids is 1. The third kappa shape index (κ3) is 11.5. The van der Waals surface area contributed by atoms with Gasteiger partial charge in [-0.25, -0.2) is 18.0 Å². The van der Waals surface area contributed by atoms with Crippen molar-refractivity contribution in [1.29, 1.82) is 0 Å². The van der Waals surface area contributed by atoms with Crippen LogP contribution in [0.2, 0.25) is 0 Å². The Morgan fingerprint density at radius 1 is 0.864 bits per heavy atom. The molecule has 1 aliphatic heterocycles. The van der Waals surface area contributed by atoms with Gasteiger partial charge in [-0.1, -0.05) is 88.1 Å². The molecule has 15 heteroatoms. The van der Waals surface area contributed by atoms with Crippen LogP contribution in [-0.2, 0) is 35.6 Å². The van der Waals surface area contributed by atoms with E-state index >= 15 is 0 Å². The number of aryl methyl sites for hydroxylation is 1. The maximum atomic E-state index is 14.1. The highest BCUT2D eigenvalue weighted by atomic mass is 32.2. The van der Waals surface area contributed by atoms with Crippen LogP contribution < -0.4 is 21.3 Å². The van der Waals surface area contributed by atoms with E-state index in [0.717, 1.165) is 37.7 Å². The SMILES string of the molecule is CCC(C)[C@@H](C(=O)NCC[C@H](NC(=O)[C@@H]1CCC(C2CCCCC2)N1S(=O)(=O)c1ccccc1)C(=O)O)N(C)C(=O)Cc1ccc(NC(=O)Nc2ccccc2C)cc1. The second kappa shape index (κ2) is 20.6. The number of benzene rings is 3. The Hall–Kier alpha value is -5.28. The molecule has 5 N–H and O–H groups in total. The molecular formula is C44H58N6O8S. The summed E-state index contributed by atoms with van der Waals surface area (Å²) >= 11 is 0. The lowest BCUT2D eigenvalue weighted by Gasteiger charge is -2.35. The van der Waals surface area contributed by atoms with Crippen LogP contribution in [-0.4, -0.2) is 90.2 Å². The van der Waals surface area contributed by atoms with Crippen molar-refractivity contribution >= 4 is 51.1 Å². The maximum absolute atomic E-state index is 14.1. The Morgan fingerprint density at radius 2 is 1.53 bits per heavy atom. The minimum absolute atomic E-state index is 0.000693. The Bertz CT molecular complexity index is 2040. The van der Waals surface area contributed by atoms with E-state index in [4.69, 9.17) is 0 Å². The summed E-state index contributed by atoms with van der Waals surface area (Å²) < 4.78 is 29.5. The van der Waals surface area contributed by atoms with Crippen molar-refractivity contribution in [1.82, 2.24) is 19.8 Å². The van der Waals surface area contributed by atoms with Crippen molar-refractivity contribution in [2.45, 2.75) is 114 Å². The largest absolute Gasteiger partial charge is 0.480 e. The molecule has 1 heterocycles. The first kappa shape index (κ1) is 44.8. The number of carboxylic acid groups (broad SMARTS) is 1. The second-order valence-corrected chi connectivity index (χ2v) is 17.6. The fourth-order valence-electron chi connectivity index (χ4n) is 8.25. The van der Waals surface area contributed by atoms with E-state index in [1.165, 1.54) is 21.3 Å². The number of carbonyl (C=O) groups excluding carboxylic acids is 4. The molecule has 1 saturated carbocycles. The van der Waals surface area contributed by atoms with Crippen LogP contribution in [0.1, 0.15) is 82.8 Å². The monoisotopic (exact) mass is 830 g/mol. The fourth-order valence-corrected chi connectivity index (χ4v) is 10.2. The molecule has 0 aromatic heterocycles. The number of nitrogens with zero attached hydrogens (tertiary/aromatic N) is 2. The number of hydrogen-bond donors (Lipinski definition) is 5. The van der Waals surface area contributed by atoms with E-state index in [1.54, 1.807) is 55.6 Å². The molecule has 0 spiro atoms. The number of urea groups is 1. The minimum atomic E-state index is -4.07. The number of sulfonamides is 1. The van der Waals surface area contributed by atoms with Crippen LogP contribution in [0.15, 0.2) is 83.8 Å². The highest BCUT2D eigenvalue weighted by molar-refractivity contribution is 7.89. The molecular weight excluding hydrogens is 773 g/mol. The van der Waals surface area contributed by atoms with Gasteiger partial charge in [0, 0.05) is 31.0 Å². The number of hydrogen-bond acceptors (Lipinski definition) is 7. The number of nitrogens with one attached hydrogen (secondary N) is 4. The summed E-state index contributed by atoms with van der Waals surface area (Å²) in [5.41, 5.74) is 2.83. The molecule has 5 rings (SSSR count). The first-order valence-electron chi connectivity index (χ1n) is 20.6. The van der Waals surface area contributed by atoms with Crippen LogP contribution in [0.3, 0.4) is 0 Å². The molecule has 3 aromatic rings. The van der Waals surface area contributed by atoms with Gasteiger partial charge >= 0.3 is 12.0 Å². The number of likely N-dealkylation sites (N-methyl/N-ethyl adjacent to an activating group) is 1. The summed E-state index contributed by atoms with van der Waals surface area (Å²) in [5, 5.41) is 21.1. The number of amides is 5. The smallest absolute Gasteiger partial charge is 0.326 e. The van der Waals surface area contributed by atoms with Gasteiger partial charge in [0.1, 0.15) is 18.1 Å². The molecule has 2 fully saturated rings. The van der Waals surface area contributed by atoms with E-state index in [1.807, 2.05) is 39.0 Å².